The van der Waals surface area contributed by atoms with E-state index < -0.39 is 17.1 Å². The summed E-state index contributed by atoms with van der Waals surface area (Å²) in [5.41, 5.74) is 2.50. The van der Waals surface area contributed by atoms with Gasteiger partial charge in [-0.25, -0.2) is 0 Å². The summed E-state index contributed by atoms with van der Waals surface area (Å²) in [7, 11) is 0. The SMILES string of the molecule is CCOc1ccc(NC(=O)CN2C(=O)S/C(=C/c3ccc(C)cc3)C2=O)cc1. The van der Waals surface area contributed by atoms with E-state index in [1.54, 1.807) is 30.3 Å². The van der Waals surface area contributed by atoms with Crippen LogP contribution in [0.5, 0.6) is 5.75 Å². The van der Waals surface area contributed by atoms with E-state index in [0.717, 1.165) is 27.8 Å². The first-order valence-electron chi connectivity index (χ1n) is 8.81. The number of nitrogens with zero attached hydrogens (tertiary/aromatic N) is 1. The smallest absolute Gasteiger partial charge is 0.294 e. The highest BCUT2D eigenvalue weighted by molar-refractivity contribution is 8.18. The van der Waals surface area contributed by atoms with E-state index in [4.69, 9.17) is 4.74 Å². The number of imide groups is 1. The van der Waals surface area contributed by atoms with E-state index in [9.17, 15) is 14.4 Å². The molecular formula is C21H20N2O4S. The van der Waals surface area contributed by atoms with Crippen LogP contribution in [-0.2, 0) is 9.59 Å². The number of nitrogens with one attached hydrogen (secondary N) is 1. The number of rotatable bonds is 6. The zero-order valence-electron chi connectivity index (χ0n) is 15.6. The number of amides is 3. The zero-order chi connectivity index (χ0) is 20.1. The van der Waals surface area contributed by atoms with Gasteiger partial charge in [0.2, 0.25) is 5.91 Å². The number of hydrogen-bond donors (Lipinski definition) is 1. The van der Waals surface area contributed by atoms with Gasteiger partial charge in [-0.15, -0.1) is 0 Å². The summed E-state index contributed by atoms with van der Waals surface area (Å²) in [6.07, 6.45) is 1.66. The third-order valence-electron chi connectivity index (χ3n) is 4.00. The van der Waals surface area contributed by atoms with E-state index in [-0.39, 0.29) is 6.54 Å². The van der Waals surface area contributed by atoms with E-state index in [1.807, 2.05) is 38.1 Å². The standard InChI is InChI=1S/C21H20N2O4S/c1-3-27-17-10-8-16(9-11-17)22-19(24)13-23-20(25)18(28-21(23)26)12-15-6-4-14(2)5-7-15/h4-12H,3,13H2,1-2H3,(H,22,24)/b18-12+. The Morgan fingerprint density at radius 2 is 1.79 bits per heavy atom. The molecule has 3 rings (SSSR count). The normalized spacial score (nSPS) is 15.2. The number of carbonyl (C=O) groups is 3. The number of hydrogen-bond acceptors (Lipinski definition) is 5. The van der Waals surface area contributed by atoms with Crippen molar-refractivity contribution in [3.8, 4) is 5.75 Å². The summed E-state index contributed by atoms with van der Waals surface area (Å²) >= 11 is 0.839. The number of thioether (sulfide) groups is 1. The summed E-state index contributed by atoms with van der Waals surface area (Å²) in [5.74, 6) is -0.201. The van der Waals surface area contributed by atoms with Crippen molar-refractivity contribution in [3.05, 3.63) is 64.6 Å². The number of ether oxygens (including phenoxy) is 1. The molecule has 2 aromatic rings. The minimum Gasteiger partial charge on any atom is -0.494 e. The number of benzene rings is 2. The third kappa shape index (κ3) is 4.80. The minimum atomic E-state index is -0.461. The molecule has 0 aliphatic carbocycles. The molecule has 1 heterocycles. The number of carbonyl (C=O) groups excluding carboxylic acids is 3. The van der Waals surface area contributed by atoms with Gasteiger partial charge in [-0.1, -0.05) is 29.8 Å². The lowest BCUT2D eigenvalue weighted by molar-refractivity contribution is -0.127. The first-order valence-corrected chi connectivity index (χ1v) is 9.62. The van der Waals surface area contributed by atoms with Crippen LogP contribution in [0.4, 0.5) is 10.5 Å². The molecule has 0 atom stereocenters. The maximum atomic E-state index is 12.5. The van der Waals surface area contributed by atoms with Gasteiger partial charge in [0, 0.05) is 5.69 Å². The van der Waals surface area contributed by atoms with Crippen molar-refractivity contribution in [1.82, 2.24) is 4.90 Å². The van der Waals surface area contributed by atoms with E-state index in [2.05, 4.69) is 5.32 Å². The molecule has 7 heteroatoms. The van der Waals surface area contributed by atoms with E-state index in [0.29, 0.717) is 22.9 Å². The van der Waals surface area contributed by atoms with E-state index in [1.165, 1.54) is 0 Å². The molecule has 0 unspecified atom stereocenters. The van der Waals surface area contributed by atoms with Crippen LogP contribution in [0.1, 0.15) is 18.1 Å². The molecule has 2 aromatic carbocycles. The minimum absolute atomic E-state index is 0.308. The monoisotopic (exact) mass is 396 g/mol. The van der Waals surface area contributed by atoms with Gasteiger partial charge in [-0.3, -0.25) is 19.3 Å². The Hall–Kier alpha value is -3.06. The third-order valence-corrected chi connectivity index (χ3v) is 4.91. The van der Waals surface area contributed by atoms with Crippen LogP contribution in [0, 0.1) is 6.92 Å². The van der Waals surface area contributed by atoms with Crippen molar-refractivity contribution in [3.63, 3.8) is 0 Å². The molecule has 0 bridgehead atoms. The van der Waals surface area contributed by atoms with Crippen molar-refractivity contribution in [1.29, 1.82) is 0 Å². The van der Waals surface area contributed by atoms with Gasteiger partial charge < -0.3 is 10.1 Å². The van der Waals surface area contributed by atoms with Crippen molar-refractivity contribution < 1.29 is 19.1 Å². The maximum absolute atomic E-state index is 12.5. The summed E-state index contributed by atoms with van der Waals surface area (Å²) in [5, 5.41) is 2.23. The molecule has 0 spiro atoms. The van der Waals surface area contributed by atoms with E-state index >= 15 is 0 Å². The van der Waals surface area contributed by atoms with Crippen LogP contribution in [0.3, 0.4) is 0 Å². The average molecular weight is 396 g/mol. The highest BCUT2D eigenvalue weighted by Gasteiger charge is 2.36. The summed E-state index contributed by atoms with van der Waals surface area (Å²) in [6, 6.07) is 14.5. The van der Waals surface area contributed by atoms with Crippen molar-refractivity contribution in [2.24, 2.45) is 0 Å². The molecule has 0 aromatic heterocycles. The van der Waals surface area contributed by atoms with Crippen LogP contribution in [0.15, 0.2) is 53.4 Å². The van der Waals surface area contributed by atoms with Gasteiger partial charge in [0.05, 0.1) is 11.5 Å². The Balaban J connectivity index is 1.63. The first kappa shape index (κ1) is 19.7. The molecule has 6 nitrogen and oxygen atoms in total. The fourth-order valence-corrected chi connectivity index (χ4v) is 3.43. The molecule has 1 N–H and O–H groups in total. The van der Waals surface area contributed by atoms with Crippen LogP contribution in [-0.4, -0.2) is 35.1 Å². The van der Waals surface area contributed by atoms with Gasteiger partial charge in [-0.2, -0.15) is 0 Å². The topological polar surface area (TPSA) is 75.7 Å². The fraction of sp³-hybridized carbons (Fsp3) is 0.190. The Bertz CT molecular complexity index is 920. The van der Waals surface area contributed by atoms with Crippen LogP contribution >= 0.6 is 11.8 Å². The largest absolute Gasteiger partial charge is 0.494 e. The summed E-state index contributed by atoms with van der Waals surface area (Å²) < 4.78 is 5.35. The fourth-order valence-electron chi connectivity index (χ4n) is 2.60. The second-order valence-corrected chi connectivity index (χ2v) is 7.18. The van der Waals surface area contributed by atoms with Gasteiger partial charge in [0.1, 0.15) is 12.3 Å². The molecule has 1 aliphatic rings. The Kier molecular flexibility index (Phi) is 6.16. The lowest BCUT2D eigenvalue weighted by Crippen LogP contribution is -2.36. The molecule has 1 fully saturated rings. The van der Waals surface area contributed by atoms with Crippen molar-refractivity contribution in [2.75, 3.05) is 18.5 Å². The second kappa shape index (κ2) is 8.75. The second-order valence-electron chi connectivity index (χ2n) is 6.18. The molecule has 144 valence electrons. The lowest BCUT2D eigenvalue weighted by Gasteiger charge is -2.12. The molecule has 1 saturated heterocycles. The van der Waals surface area contributed by atoms with Gasteiger partial charge in [-0.05, 0) is 61.5 Å². The van der Waals surface area contributed by atoms with Gasteiger partial charge >= 0.3 is 0 Å². The van der Waals surface area contributed by atoms with Crippen LogP contribution in [0.25, 0.3) is 6.08 Å². The summed E-state index contributed by atoms with van der Waals surface area (Å²) in [6.45, 7) is 4.09. The molecule has 1 aliphatic heterocycles. The number of anilines is 1. The quantitative estimate of drug-likeness (QED) is 0.745. The number of aryl methyl sites for hydroxylation is 1. The molecule has 0 saturated carbocycles. The van der Waals surface area contributed by atoms with Gasteiger partial charge in [0.15, 0.2) is 0 Å². The summed E-state index contributed by atoms with van der Waals surface area (Å²) in [4.78, 5) is 38.2. The Labute approximate surface area is 167 Å². The zero-order valence-corrected chi connectivity index (χ0v) is 16.4. The van der Waals surface area contributed by atoms with Crippen LogP contribution in [0.2, 0.25) is 0 Å². The molecular weight excluding hydrogens is 376 g/mol. The Morgan fingerprint density at radius 1 is 1.11 bits per heavy atom. The maximum Gasteiger partial charge on any atom is 0.294 e. The van der Waals surface area contributed by atoms with Crippen molar-refractivity contribution >= 4 is 40.6 Å². The highest BCUT2D eigenvalue weighted by atomic mass is 32.2. The molecule has 28 heavy (non-hydrogen) atoms. The van der Waals surface area contributed by atoms with Crippen LogP contribution < -0.4 is 10.1 Å². The van der Waals surface area contributed by atoms with Gasteiger partial charge in [0.25, 0.3) is 11.1 Å². The average Bonchev–Trinajstić information content (AvgIpc) is 2.93. The predicted molar refractivity (Wildman–Crippen MR) is 110 cm³/mol. The first-order chi connectivity index (χ1) is 13.5. The molecule has 0 radical (unpaired) electrons. The lowest BCUT2D eigenvalue weighted by atomic mass is 10.1. The Morgan fingerprint density at radius 3 is 2.43 bits per heavy atom. The van der Waals surface area contributed by atoms with Crippen molar-refractivity contribution in [2.45, 2.75) is 13.8 Å². The molecule has 3 amide bonds. The highest BCUT2D eigenvalue weighted by Crippen LogP contribution is 2.32. The predicted octanol–water partition coefficient (Wildman–Crippen LogP) is 4.07.